The van der Waals surface area contributed by atoms with E-state index in [0.29, 0.717) is 33.8 Å². The molecule has 0 fully saturated rings. The zero-order valence-corrected chi connectivity index (χ0v) is 20.3. The SMILES string of the molecule is COc1ccc(-n2c(SCC(=O)NCc3ccc(C)cc3)nc3c(c2=O)SCC3)cc1OC. The van der Waals surface area contributed by atoms with Crippen LogP contribution in [-0.2, 0) is 17.8 Å². The first kappa shape index (κ1) is 23.3. The van der Waals surface area contributed by atoms with Gasteiger partial charge < -0.3 is 14.8 Å². The van der Waals surface area contributed by atoms with Gasteiger partial charge in [0, 0.05) is 24.8 Å². The van der Waals surface area contributed by atoms with Crippen LogP contribution in [0.3, 0.4) is 0 Å². The van der Waals surface area contributed by atoms with Crippen LogP contribution in [-0.4, -0.2) is 41.2 Å². The van der Waals surface area contributed by atoms with E-state index in [9.17, 15) is 9.59 Å². The van der Waals surface area contributed by atoms with E-state index < -0.39 is 0 Å². The van der Waals surface area contributed by atoms with Gasteiger partial charge in [0.05, 0.1) is 36.2 Å². The van der Waals surface area contributed by atoms with Crippen LogP contribution in [0.2, 0.25) is 0 Å². The number of aryl methyl sites for hydroxylation is 2. The summed E-state index contributed by atoms with van der Waals surface area (Å²) in [7, 11) is 3.11. The Bertz CT molecular complexity index is 1230. The summed E-state index contributed by atoms with van der Waals surface area (Å²) in [6.07, 6.45) is 0.745. The number of carbonyl (C=O) groups excluding carboxylic acids is 1. The van der Waals surface area contributed by atoms with Crippen molar-refractivity contribution >= 4 is 29.4 Å². The average molecular weight is 484 g/mol. The molecule has 1 aliphatic rings. The minimum absolute atomic E-state index is 0.122. The third-order valence-corrected chi connectivity index (χ3v) is 7.28. The topological polar surface area (TPSA) is 82.5 Å². The Morgan fingerprint density at radius 2 is 1.91 bits per heavy atom. The number of ether oxygens (including phenoxy) is 2. The number of hydrogen-bond donors (Lipinski definition) is 1. The Labute approximate surface area is 200 Å². The van der Waals surface area contributed by atoms with Gasteiger partial charge in [0.1, 0.15) is 0 Å². The van der Waals surface area contributed by atoms with Crippen molar-refractivity contribution in [2.75, 3.05) is 25.7 Å². The zero-order valence-electron chi connectivity index (χ0n) is 18.7. The number of rotatable bonds is 8. The van der Waals surface area contributed by atoms with E-state index in [4.69, 9.17) is 14.5 Å². The maximum Gasteiger partial charge on any atom is 0.272 e. The molecule has 2 heterocycles. The van der Waals surface area contributed by atoms with Crippen LogP contribution in [0, 0.1) is 6.92 Å². The average Bonchev–Trinajstić information content (AvgIpc) is 3.31. The number of amides is 1. The molecule has 7 nitrogen and oxygen atoms in total. The second-order valence-electron chi connectivity index (χ2n) is 7.50. The first-order valence-electron chi connectivity index (χ1n) is 10.5. The minimum atomic E-state index is -0.128. The van der Waals surface area contributed by atoms with Crippen molar-refractivity contribution in [2.24, 2.45) is 0 Å². The number of fused-ring (bicyclic) bond motifs is 1. The second-order valence-corrected chi connectivity index (χ2v) is 9.55. The normalized spacial score (nSPS) is 12.3. The molecule has 0 aliphatic carbocycles. The lowest BCUT2D eigenvalue weighted by Crippen LogP contribution is -2.27. The van der Waals surface area contributed by atoms with Gasteiger partial charge >= 0.3 is 0 Å². The number of nitrogens with zero attached hydrogens (tertiary/aromatic N) is 2. The van der Waals surface area contributed by atoms with Crippen LogP contribution in [0.15, 0.2) is 57.3 Å². The minimum Gasteiger partial charge on any atom is -0.493 e. The second kappa shape index (κ2) is 10.4. The van der Waals surface area contributed by atoms with E-state index in [1.165, 1.54) is 29.1 Å². The fourth-order valence-corrected chi connectivity index (χ4v) is 5.35. The Balaban J connectivity index is 1.57. The molecule has 0 spiro atoms. The number of hydrogen-bond acceptors (Lipinski definition) is 7. The molecule has 0 saturated carbocycles. The highest BCUT2D eigenvalue weighted by molar-refractivity contribution is 8.00. The molecule has 0 radical (unpaired) electrons. The summed E-state index contributed by atoms with van der Waals surface area (Å²) in [5.41, 5.74) is 3.49. The molecule has 1 aromatic heterocycles. The first-order chi connectivity index (χ1) is 16.0. The highest BCUT2D eigenvalue weighted by Crippen LogP contribution is 2.33. The van der Waals surface area contributed by atoms with Gasteiger partial charge in [-0.3, -0.25) is 14.2 Å². The summed E-state index contributed by atoms with van der Waals surface area (Å²) in [4.78, 5) is 31.3. The van der Waals surface area contributed by atoms with E-state index in [0.717, 1.165) is 23.4 Å². The molecule has 1 N–H and O–H groups in total. The lowest BCUT2D eigenvalue weighted by Gasteiger charge is -2.15. The highest BCUT2D eigenvalue weighted by atomic mass is 32.2. The molecular weight excluding hydrogens is 458 g/mol. The number of aromatic nitrogens is 2. The van der Waals surface area contributed by atoms with Gasteiger partial charge in [-0.1, -0.05) is 41.6 Å². The molecule has 4 rings (SSSR count). The summed E-state index contributed by atoms with van der Waals surface area (Å²) in [5.74, 6) is 1.94. The molecule has 172 valence electrons. The van der Waals surface area contributed by atoms with Gasteiger partial charge in [-0.15, -0.1) is 11.8 Å². The quantitative estimate of drug-likeness (QED) is 0.387. The molecule has 9 heteroatoms. The molecule has 1 aliphatic heterocycles. The third-order valence-electron chi connectivity index (χ3n) is 5.23. The van der Waals surface area contributed by atoms with Crippen molar-refractivity contribution < 1.29 is 14.3 Å². The third kappa shape index (κ3) is 5.20. The van der Waals surface area contributed by atoms with Crippen LogP contribution < -0.4 is 20.3 Å². The standard InChI is InChI=1S/C24H25N3O4S2/c1-15-4-6-16(7-5-15)13-25-21(28)14-33-24-26-18-10-11-32-22(18)23(29)27(24)17-8-9-19(30-2)20(12-17)31-3/h4-9,12H,10-11,13-14H2,1-3H3,(H,25,28). The number of methoxy groups -OCH3 is 2. The van der Waals surface area contributed by atoms with Crippen molar-refractivity contribution in [3.8, 4) is 17.2 Å². The van der Waals surface area contributed by atoms with Crippen LogP contribution in [0.25, 0.3) is 5.69 Å². The molecule has 0 unspecified atom stereocenters. The van der Waals surface area contributed by atoms with E-state index in [1.807, 2.05) is 31.2 Å². The van der Waals surface area contributed by atoms with Crippen molar-refractivity contribution in [2.45, 2.75) is 29.9 Å². The van der Waals surface area contributed by atoms with Gasteiger partial charge in [0.2, 0.25) is 5.91 Å². The van der Waals surface area contributed by atoms with Gasteiger partial charge in [0.15, 0.2) is 16.7 Å². The lowest BCUT2D eigenvalue weighted by atomic mass is 10.1. The Morgan fingerprint density at radius 1 is 1.15 bits per heavy atom. The summed E-state index contributed by atoms with van der Waals surface area (Å²) in [6.45, 7) is 2.48. The smallest absolute Gasteiger partial charge is 0.272 e. The lowest BCUT2D eigenvalue weighted by molar-refractivity contribution is -0.118. The maximum absolute atomic E-state index is 13.3. The Kier molecular flexibility index (Phi) is 7.29. The van der Waals surface area contributed by atoms with Crippen LogP contribution in [0.5, 0.6) is 11.5 Å². The van der Waals surface area contributed by atoms with E-state index in [2.05, 4.69) is 5.32 Å². The van der Waals surface area contributed by atoms with Crippen molar-refractivity contribution in [1.82, 2.24) is 14.9 Å². The Hall–Kier alpha value is -2.91. The largest absolute Gasteiger partial charge is 0.493 e. The van der Waals surface area contributed by atoms with Gasteiger partial charge in [0.25, 0.3) is 5.56 Å². The number of carbonyl (C=O) groups is 1. The molecule has 0 bridgehead atoms. The van der Waals surface area contributed by atoms with Crippen molar-refractivity contribution in [3.05, 3.63) is 69.6 Å². The monoisotopic (exact) mass is 483 g/mol. The molecule has 3 aromatic rings. The maximum atomic E-state index is 13.3. The van der Waals surface area contributed by atoms with E-state index >= 15 is 0 Å². The molecule has 0 atom stereocenters. The number of nitrogens with one attached hydrogen (secondary N) is 1. The van der Waals surface area contributed by atoms with Gasteiger partial charge in [-0.05, 0) is 24.6 Å². The summed E-state index contributed by atoms with van der Waals surface area (Å²) >= 11 is 2.77. The summed E-state index contributed by atoms with van der Waals surface area (Å²) in [5, 5.41) is 3.42. The summed E-state index contributed by atoms with van der Waals surface area (Å²) < 4.78 is 12.3. The van der Waals surface area contributed by atoms with Gasteiger partial charge in [-0.25, -0.2) is 4.98 Å². The zero-order chi connectivity index (χ0) is 23.4. The number of thioether (sulfide) groups is 2. The van der Waals surface area contributed by atoms with Crippen LogP contribution in [0.1, 0.15) is 16.8 Å². The summed E-state index contributed by atoms with van der Waals surface area (Å²) in [6, 6.07) is 13.3. The van der Waals surface area contributed by atoms with E-state index in [-0.39, 0.29) is 17.2 Å². The molecule has 0 saturated heterocycles. The van der Waals surface area contributed by atoms with Crippen molar-refractivity contribution in [3.63, 3.8) is 0 Å². The molecule has 1 amide bonds. The van der Waals surface area contributed by atoms with Gasteiger partial charge in [-0.2, -0.15) is 0 Å². The van der Waals surface area contributed by atoms with E-state index in [1.54, 1.807) is 37.0 Å². The Morgan fingerprint density at radius 3 is 2.64 bits per heavy atom. The fraction of sp³-hybridized carbons (Fsp3) is 0.292. The van der Waals surface area contributed by atoms with Crippen LogP contribution >= 0.6 is 23.5 Å². The number of benzene rings is 2. The first-order valence-corrected chi connectivity index (χ1v) is 12.4. The van der Waals surface area contributed by atoms with Crippen molar-refractivity contribution in [1.29, 1.82) is 0 Å². The highest BCUT2D eigenvalue weighted by Gasteiger charge is 2.23. The molecule has 2 aromatic carbocycles. The molecular formula is C24H25N3O4S2. The fourth-order valence-electron chi connectivity index (χ4n) is 3.47. The molecule has 33 heavy (non-hydrogen) atoms. The predicted octanol–water partition coefficient (Wildman–Crippen LogP) is 3.61. The predicted molar refractivity (Wildman–Crippen MR) is 131 cm³/mol. The van der Waals surface area contributed by atoms with Crippen LogP contribution in [0.4, 0.5) is 0 Å².